The number of hydrogen-bond acceptors (Lipinski definition) is 3. The number of carbonyl (C=O) groups excluding carboxylic acids is 1. The highest BCUT2D eigenvalue weighted by atomic mass is 127. The third kappa shape index (κ3) is 3.02. The molecular formula is C14H14FIN4O. The van der Waals surface area contributed by atoms with E-state index in [-0.39, 0.29) is 17.1 Å². The first kappa shape index (κ1) is 15.4. The van der Waals surface area contributed by atoms with Gasteiger partial charge in [-0.2, -0.15) is 0 Å². The fraction of sp³-hybridized carbons (Fsp3) is 0.0714. The van der Waals surface area contributed by atoms with Crippen LogP contribution in [-0.4, -0.2) is 10.5 Å². The summed E-state index contributed by atoms with van der Waals surface area (Å²) < 4.78 is 16.2. The number of nitrogens with two attached hydrogens (primary N) is 2. The maximum absolute atomic E-state index is 13.9. The minimum absolute atomic E-state index is 0.255. The number of aromatic nitrogens is 1. The first-order valence-corrected chi connectivity index (χ1v) is 7.05. The van der Waals surface area contributed by atoms with E-state index in [1.165, 1.54) is 16.7 Å². The zero-order valence-electron chi connectivity index (χ0n) is 11.3. The minimum Gasteiger partial charge on any atom is -0.399 e. The van der Waals surface area contributed by atoms with Crippen LogP contribution in [0.1, 0.15) is 16.1 Å². The molecule has 2 aromatic rings. The summed E-state index contributed by atoms with van der Waals surface area (Å²) in [4.78, 5) is 11.4. The molecule has 110 valence electrons. The third-order valence-corrected chi connectivity index (χ3v) is 3.69. The van der Waals surface area contributed by atoms with Crippen LogP contribution < -0.4 is 16.8 Å². The predicted molar refractivity (Wildman–Crippen MR) is 89.6 cm³/mol. The number of amides is 1. The molecule has 1 aromatic carbocycles. The quantitative estimate of drug-likeness (QED) is 0.690. The van der Waals surface area contributed by atoms with Crippen molar-refractivity contribution in [1.82, 2.24) is 4.57 Å². The Bertz CT molecular complexity index is 739. The molecule has 1 amide bonds. The summed E-state index contributed by atoms with van der Waals surface area (Å²) >= 11 is 2.02. The number of benzene rings is 1. The third-order valence-electron chi connectivity index (χ3n) is 3.02. The Balaban J connectivity index is 2.52. The van der Waals surface area contributed by atoms with E-state index in [0.29, 0.717) is 11.4 Å². The standard InChI is InChI=1S/C14H14FIN4O/c1-7(17)9-6-12(13(18)21)20(2)14(9)19-11-4-3-8(16)5-10(11)15/h3-6,19H,1,17H2,2H3,(H2,18,21). The summed E-state index contributed by atoms with van der Waals surface area (Å²) in [6.07, 6.45) is 0. The van der Waals surface area contributed by atoms with E-state index < -0.39 is 11.7 Å². The number of nitrogens with one attached hydrogen (secondary N) is 1. The lowest BCUT2D eigenvalue weighted by molar-refractivity contribution is 0.0993. The maximum atomic E-state index is 13.9. The first-order chi connectivity index (χ1) is 9.81. The molecule has 0 aliphatic rings. The van der Waals surface area contributed by atoms with Crippen LogP contribution in [0.5, 0.6) is 0 Å². The molecule has 0 radical (unpaired) electrons. The van der Waals surface area contributed by atoms with Gasteiger partial charge in [-0.3, -0.25) is 4.79 Å². The minimum atomic E-state index is -0.601. The normalized spacial score (nSPS) is 10.4. The molecule has 7 heteroatoms. The van der Waals surface area contributed by atoms with Gasteiger partial charge >= 0.3 is 0 Å². The van der Waals surface area contributed by atoms with Gasteiger partial charge in [0.05, 0.1) is 5.69 Å². The number of halogens is 2. The van der Waals surface area contributed by atoms with Crippen molar-refractivity contribution >= 4 is 45.7 Å². The fourth-order valence-corrected chi connectivity index (χ4v) is 2.41. The number of carbonyl (C=O) groups is 1. The molecule has 0 unspecified atom stereocenters. The second-order valence-electron chi connectivity index (χ2n) is 4.49. The van der Waals surface area contributed by atoms with Gasteiger partial charge in [0.15, 0.2) is 0 Å². The molecule has 2 rings (SSSR count). The first-order valence-electron chi connectivity index (χ1n) is 5.97. The van der Waals surface area contributed by atoms with Crippen LogP contribution >= 0.6 is 22.6 Å². The van der Waals surface area contributed by atoms with Gasteiger partial charge in [-0.15, -0.1) is 0 Å². The highest BCUT2D eigenvalue weighted by Gasteiger charge is 2.18. The van der Waals surface area contributed by atoms with Gasteiger partial charge in [-0.1, -0.05) is 6.58 Å². The lowest BCUT2D eigenvalue weighted by Gasteiger charge is -2.12. The van der Waals surface area contributed by atoms with Crippen LogP contribution in [0.25, 0.3) is 5.70 Å². The van der Waals surface area contributed by atoms with Gasteiger partial charge in [-0.05, 0) is 46.9 Å². The highest BCUT2D eigenvalue weighted by molar-refractivity contribution is 14.1. The summed E-state index contributed by atoms with van der Waals surface area (Å²) in [7, 11) is 1.64. The second-order valence-corrected chi connectivity index (χ2v) is 5.74. The van der Waals surface area contributed by atoms with E-state index >= 15 is 0 Å². The van der Waals surface area contributed by atoms with E-state index in [2.05, 4.69) is 11.9 Å². The second kappa shape index (κ2) is 5.76. The predicted octanol–water partition coefficient (Wildman–Crippen LogP) is 2.54. The molecule has 0 spiro atoms. The molecule has 0 saturated heterocycles. The average Bonchev–Trinajstić information content (AvgIpc) is 2.70. The molecule has 5 nitrogen and oxygen atoms in total. The summed E-state index contributed by atoms with van der Waals surface area (Å²) in [5, 5.41) is 2.93. The number of anilines is 2. The van der Waals surface area contributed by atoms with Crippen LogP contribution in [0.4, 0.5) is 15.9 Å². The number of rotatable bonds is 4. The molecular weight excluding hydrogens is 386 g/mol. The van der Waals surface area contributed by atoms with Gasteiger partial charge in [0.1, 0.15) is 17.3 Å². The van der Waals surface area contributed by atoms with Crippen LogP contribution in [-0.2, 0) is 7.05 Å². The molecule has 0 saturated carbocycles. The number of hydrogen-bond donors (Lipinski definition) is 3. The van der Waals surface area contributed by atoms with Crippen LogP contribution in [0.2, 0.25) is 0 Å². The van der Waals surface area contributed by atoms with Crippen molar-refractivity contribution in [3.63, 3.8) is 0 Å². The highest BCUT2D eigenvalue weighted by Crippen LogP contribution is 2.29. The van der Waals surface area contributed by atoms with E-state index in [4.69, 9.17) is 11.5 Å². The van der Waals surface area contributed by atoms with E-state index in [0.717, 1.165) is 3.57 Å². The van der Waals surface area contributed by atoms with Crippen molar-refractivity contribution < 1.29 is 9.18 Å². The molecule has 0 atom stereocenters. The Morgan fingerprint density at radius 3 is 2.57 bits per heavy atom. The van der Waals surface area contributed by atoms with E-state index in [1.807, 2.05) is 22.6 Å². The van der Waals surface area contributed by atoms with Crippen molar-refractivity contribution in [3.8, 4) is 0 Å². The molecule has 1 aromatic heterocycles. The van der Waals surface area contributed by atoms with Crippen molar-refractivity contribution in [1.29, 1.82) is 0 Å². The molecule has 5 N–H and O–H groups in total. The Labute approximate surface area is 134 Å². The SMILES string of the molecule is C=C(N)c1cc(C(N)=O)n(C)c1Nc1ccc(I)cc1F. The zero-order valence-corrected chi connectivity index (χ0v) is 13.4. The van der Waals surface area contributed by atoms with Crippen molar-refractivity contribution in [2.24, 2.45) is 18.5 Å². The zero-order chi connectivity index (χ0) is 15.7. The molecule has 0 aliphatic heterocycles. The van der Waals surface area contributed by atoms with Gasteiger partial charge in [-0.25, -0.2) is 4.39 Å². The summed E-state index contributed by atoms with van der Waals surface area (Å²) in [5.74, 6) is -0.551. The van der Waals surface area contributed by atoms with Crippen molar-refractivity contribution in [2.45, 2.75) is 0 Å². The number of primary amides is 1. The summed E-state index contributed by atoms with van der Waals surface area (Å²) in [6.45, 7) is 3.66. The molecule has 21 heavy (non-hydrogen) atoms. The van der Waals surface area contributed by atoms with Crippen LogP contribution in [0.3, 0.4) is 0 Å². The molecule has 0 aliphatic carbocycles. The monoisotopic (exact) mass is 400 g/mol. The Morgan fingerprint density at radius 2 is 2.05 bits per heavy atom. The average molecular weight is 400 g/mol. The van der Waals surface area contributed by atoms with Crippen LogP contribution in [0.15, 0.2) is 30.8 Å². The maximum Gasteiger partial charge on any atom is 0.265 e. The fourth-order valence-electron chi connectivity index (χ4n) is 1.95. The smallest absolute Gasteiger partial charge is 0.265 e. The Hall–Kier alpha value is -2.03. The van der Waals surface area contributed by atoms with Gasteiger partial charge < -0.3 is 21.4 Å². The lowest BCUT2D eigenvalue weighted by Crippen LogP contribution is -2.15. The molecule has 0 bridgehead atoms. The van der Waals surface area contributed by atoms with Gasteiger partial charge in [0.2, 0.25) is 0 Å². The largest absolute Gasteiger partial charge is 0.399 e. The Morgan fingerprint density at radius 1 is 1.38 bits per heavy atom. The summed E-state index contributed by atoms with van der Waals surface area (Å²) in [5.41, 5.74) is 12.3. The van der Waals surface area contributed by atoms with Crippen molar-refractivity contribution in [2.75, 3.05) is 5.32 Å². The molecule has 0 fully saturated rings. The number of nitrogens with zero attached hydrogens (tertiary/aromatic N) is 1. The lowest BCUT2D eigenvalue weighted by atomic mass is 10.2. The van der Waals surface area contributed by atoms with Crippen LogP contribution in [0, 0.1) is 9.39 Å². The van der Waals surface area contributed by atoms with Gasteiger partial charge in [0.25, 0.3) is 5.91 Å². The Kier molecular flexibility index (Phi) is 4.21. The topological polar surface area (TPSA) is 86.1 Å². The van der Waals surface area contributed by atoms with Gasteiger partial charge in [0, 0.05) is 21.9 Å². The van der Waals surface area contributed by atoms with E-state index in [1.54, 1.807) is 19.2 Å². The molecule has 1 heterocycles. The summed E-state index contributed by atoms with van der Waals surface area (Å²) in [6, 6.07) is 6.30. The van der Waals surface area contributed by atoms with Crippen molar-refractivity contribution in [3.05, 3.63) is 51.5 Å². The van der Waals surface area contributed by atoms with E-state index in [9.17, 15) is 9.18 Å².